The predicted octanol–water partition coefficient (Wildman–Crippen LogP) is 3.51. The van der Waals surface area contributed by atoms with Crippen molar-refractivity contribution in [1.29, 1.82) is 0 Å². The second-order valence-electron chi connectivity index (χ2n) is 8.83. The normalized spacial score (nSPS) is 19.2. The third-order valence-corrected chi connectivity index (χ3v) is 7.90. The van der Waals surface area contributed by atoms with Crippen LogP contribution < -0.4 is 5.56 Å². The van der Waals surface area contributed by atoms with Crippen molar-refractivity contribution < 1.29 is 23.5 Å². The van der Waals surface area contributed by atoms with E-state index in [0.29, 0.717) is 23.4 Å². The summed E-state index contributed by atoms with van der Waals surface area (Å²) >= 11 is 0. The lowest BCUT2D eigenvalue weighted by Crippen LogP contribution is -2.33. The van der Waals surface area contributed by atoms with Gasteiger partial charge < -0.3 is 18.7 Å². The van der Waals surface area contributed by atoms with Gasteiger partial charge in [-0.05, 0) is 67.5 Å². The average Bonchev–Trinajstić information content (AvgIpc) is 3.18. The molecule has 1 aromatic carbocycles. The van der Waals surface area contributed by atoms with E-state index in [1.165, 1.54) is 34.7 Å². The van der Waals surface area contributed by atoms with Gasteiger partial charge in [0.1, 0.15) is 6.61 Å². The number of hydrogen-bond acceptors (Lipinski definition) is 7. The van der Waals surface area contributed by atoms with Crippen molar-refractivity contribution in [2.45, 2.75) is 52.4 Å². The quantitative estimate of drug-likeness (QED) is 0.364. The molecule has 2 aliphatic heterocycles. The molecule has 1 N–H and O–H groups in total. The molecule has 3 aliphatic rings. The number of aryl methyl sites for hydroxylation is 3. The molecule has 0 radical (unpaired) electrons. The molecular formula is C24H23N2O6P. The first-order valence-electron chi connectivity index (χ1n) is 11.0. The molecule has 0 amide bonds. The topological polar surface area (TPSA) is 99.9 Å². The number of benzene rings is 1. The van der Waals surface area contributed by atoms with Crippen LogP contribution in [0.2, 0.25) is 0 Å². The van der Waals surface area contributed by atoms with Gasteiger partial charge in [0.15, 0.2) is 6.10 Å². The van der Waals surface area contributed by atoms with Crippen molar-refractivity contribution in [3.8, 4) is 11.4 Å². The summed E-state index contributed by atoms with van der Waals surface area (Å²) in [6.45, 7) is 4.61. The Labute approximate surface area is 191 Å². The monoisotopic (exact) mass is 466 g/mol. The number of hydrogen-bond donors (Lipinski definition) is 1. The molecule has 4 heterocycles. The van der Waals surface area contributed by atoms with Crippen LogP contribution in [0.5, 0.6) is 0 Å². The van der Waals surface area contributed by atoms with Crippen LogP contribution >= 0.6 is 8.60 Å². The number of cyclic esters (lactones) is 1. The van der Waals surface area contributed by atoms with Crippen LogP contribution in [0.3, 0.4) is 0 Å². The fourth-order valence-electron chi connectivity index (χ4n) is 5.46. The van der Waals surface area contributed by atoms with Gasteiger partial charge in [-0.2, -0.15) is 0 Å². The maximum Gasteiger partial charge on any atom is 0.340 e. The standard InChI is InChI=1S/C24H23N2O6P/c1-11-7-18-20-13(12(11)2)5-4-6-14(20)16-9-26-19(21(16)25-18)8-15-17(23(26)27)10-31-24(28)22(15)32-33(29)30-3/h7-8,22,29H,4-6,9-10H2,1-3H3. The van der Waals surface area contributed by atoms with E-state index in [1.54, 1.807) is 10.6 Å². The molecule has 3 aromatic rings. The van der Waals surface area contributed by atoms with Crippen molar-refractivity contribution in [3.05, 3.63) is 61.4 Å². The molecule has 0 saturated heterocycles. The van der Waals surface area contributed by atoms with Gasteiger partial charge in [0.05, 0.1) is 29.0 Å². The molecule has 6 rings (SSSR count). The lowest BCUT2D eigenvalue weighted by atomic mass is 9.83. The first kappa shape index (κ1) is 20.9. The summed E-state index contributed by atoms with van der Waals surface area (Å²) in [7, 11) is -0.995. The molecule has 33 heavy (non-hydrogen) atoms. The highest BCUT2D eigenvalue weighted by molar-refractivity contribution is 7.40. The first-order valence-corrected chi connectivity index (χ1v) is 12.1. The van der Waals surface area contributed by atoms with Crippen molar-refractivity contribution in [2.75, 3.05) is 7.11 Å². The molecule has 0 fully saturated rings. The smallest absolute Gasteiger partial charge is 0.340 e. The van der Waals surface area contributed by atoms with Gasteiger partial charge in [-0.25, -0.2) is 9.78 Å². The zero-order chi connectivity index (χ0) is 23.0. The van der Waals surface area contributed by atoms with Crippen LogP contribution in [-0.2, 0) is 44.6 Å². The first-order chi connectivity index (χ1) is 15.9. The van der Waals surface area contributed by atoms with Gasteiger partial charge in [0.25, 0.3) is 5.56 Å². The Bertz CT molecular complexity index is 1430. The third-order valence-electron chi connectivity index (χ3n) is 7.19. The number of carbonyl (C=O) groups is 1. The van der Waals surface area contributed by atoms with E-state index in [2.05, 4.69) is 19.9 Å². The maximum absolute atomic E-state index is 13.5. The van der Waals surface area contributed by atoms with Gasteiger partial charge in [-0.3, -0.25) is 9.32 Å². The number of esters is 1. The Morgan fingerprint density at radius 3 is 2.73 bits per heavy atom. The molecule has 9 heteroatoms. The fraction of sp³-hybridized carbons (Fsp3) is 0.375. The molecule has 2 aromatic heterocycles. The highest BCUT2D eigenvalue weighted by atomic mass is 31.2. The van der Waals surface area contributed by atoms with Crippen molar-refractivity contribution in [3.63, 3.8) is 0 Å². The minimum Gasteiger partial charge on any atom is -0.458 e. The second-order valence-corrected chi connectivity index (χ2v) is 9.88. The molecule has 170 valence electrons. The Kier molecular flexibility index (Phi) is 4.72. The van der Waals surface area contributed by atoms with Gasteiger partial charge in [0.2, 0.25) is 0 Å². The van der Waals surface area contributed by atoms with Gasteiger partial charge in [-0.1, -0.05) is 0 Å². The number of carbonyl (C=O) groups excluding carboxylic acids is 1. The predicted molar refractivity (Wildman–Crippen MR) is 122 cm³/mol. The average molecular weight is 466 g/mol. The van der Waals surface area contributed by atoms with E-state index < -0.39 is 20.7 Å². The SMILES string of the molecule is COP(O)OC1C(=O)OCc2c1cc1n(c2=O)Cc2c-1nc1cc(C)c(C)c3c1c2CCC3. The van der Waals surface area contributed by atoms with Crippen LogP contribution in [0.15, 0.2) is 16.9 Å². The number of fused-ring (bicyclic) bond motifs is 5. The van der Waals surface area contributed by atoms with Crippen LogP contribution in [0.25, 0.3) is 22.3 Å². The largest absolute Gasteiger partial charge is 0.458 e. The van der Waals surface area contributed by atoms with Crippen LogP contribution in [0.4, 0.5) is 0 Å². The van der Waals surface area contributed by atoms with E-state index >= 15 is 0 Å². The van der Waals surface area contributed by atoms with Crippen LogP contribution in [0, 0.1) is 13.8 Å². The van der Waals surface area contributed by atoms with E-state index in [1.807, 2.05) is 0 Å². The van der Waals surface area contributed by atoms with Crippen LogP contribution in [0.1, 0.15) is 51.5 Å². The fourth-order valence-corrected chi connectivity index (χ4v) is 5.93. The van der Waals surface area contributed by atoms with Crippen LogP contribution in [-0.4, -0.2) is 27.5 Å². The van der Waals surface area contributed by atoms with Crippen molar-refractivity contribution >= 4 is 25.5 Å². The summed E-state index contributed by atoms with van der Waals surface area (Å²) in [5.41, 5.74) is 9.21. The summed E-state index contributed by atoms with van der Waals surface area (Å²) in [4.78, 5) is 40.8. The molecule has 2 unspecified atom stereocenters. The lowest BCUT2D eigenvalue weighted by molar-refractivity contribution is -0.156. The van der Waals surface area contributed by atoms with Crippen molar-refractivity contribution in [1.82, 2.24) is 9.55 Å². The Hall–Kier alpha value is -2.64. The molecule has 2 atom stereocenters. The molecule has 1 aliphatic carbocycles. The summed E-state index contributed by atoms with van der Waals surface area (Å²) in [6.07, 6.45) is 1.85. The summed E-state index contributed by atoms with van der Waals surface area (Å²) in [5.74, 6) is -0.652. The second kappa shape index (κ2) is 7.43. The third kappa shape index (κ3) is 2.95. The minimum atomic E-state index is -2.28. The molecule has 0 spiro atoms. The summed E-state index contributed by atoms with van der Waals surface area (Å²) < 4.78 is 17.1. The van der Waals surface area contributed by atoms with Gasteiger partial charge >= 0.3 is 14.6 Å². The highest BCUT2D eigenvalue weighted by Crippen LogP contribution is 2.45. The van der Waals surface area contributed by atoms with E-state index in [9.17, 15) is 14.5 Å². The zero-order valence-corrected chi connectivity index (χ0v) is 19.5. The maximum atomic E-state index is 13.5. The number of pyridine rings is 2. The minimum absolute atomic E-state index is 0.120. The molecule has 8 nitrogen and oxygen atoms in total. The number of aromatic nitrogens is 2. The highest BCUT2D eigenvalue weighted by Gasteiger charge is 2.38. The number of ether oxygens (including phenoxy) is 1. The Balaban J connectivity index is 1.60. The number of nitrogens with zero attached hydrogens (tertiary/aromatic N) is 2. The molecule has 0 bridgehead atoms. The summed E-state index contributed by atoms with van der Waals surface area (Å²) in [6, 6.07) is 3.92. The van der Waals surface area contributed by atoms with Gasteiger partial charge in [-0.15, -0.1) is 0 Å². The van der Waals surface area contributed by atoms with E-state index in [-0.39, 0.29) is 12.2 Å². The van der Waals surface area contributed by atoms with E-state index in [0.717, 1.165) is 36.0 Å². The Morgan fingerprint density at radius 1 is 1.15 bits per heavy atom. The summed E-state index contributed by atoms with van der Waals surface area (Å²) in [5, 5.41) is 1.24. The lowest BCUT2D eigenvalue weighted by Gasteiger charge is -2.25. The number of rotatable bonds is 3. The van der Waals surface area contributed by atoms with Gasteiger partial charge in [0, 0.05) is 23.6 Å². The van der Waals surface area contributed by atoms with E-state index in [4.69, 9.17) is 18.8 Å². The zero-order valence-electron chi connectivity index (χ0n) is 18.6. The molecule has 0 saturated carbocycles. The molecular weight excluding hydrogens is 443 g/mol. The van der Waals surface area contributed by atoms with Crippen molar-refractivity contribution in [2.24, 2.45) is 0 Å². The Morgan fingerprint density at radius 2 is 1.94 bits per heavy atom.